The van der Waals surface area contributed by atoms with E-state index in [0.717, 1.165) is 12.3 Å². The molecule has 0 atom stereocenters. The fraction of sp³-hybridized carbons (Fsp3) is 0.286. The van der Waals surface area contributed by atoms with Crippen LogP contribution in [0.3, 0.4) is 0 Å². The molecular formula is C7H8ClF3N2. The summed E-state index contributed by atoms with van der Waals surface area (Å²) in [6, 6.07) is 2.23. The summed E-state index contributed by atoms with van der Waals surface area (Å²) in [6.07, 6.45) is -3.54. The van der Waals surface area contributed by atoms with E-state index >= 15 is 0 Å². The molecule has 13 heavy (non-hydrogen) atoms. The van der Waals surface area contributed by atoms with Crippen molar-refractivity contribution in [3.05, 3.63) is 29.6 Å². The molecule has 6 heteroatoms. The Hall–Kier alpha value is -0.810. The van der Waals surface area contributed by atoms with Crippen LogP contribution in [0.25, 0.3) is 0 Å². The lowest BCUT2D eigenvalue weighted by Crippen LogP contribution is -2.07. The smallest absolute Gasteiger partial charge is 0.325 e. The maximum atomic E-state index is 12.0. The lowest BCUT2D eigenvalue weighted by Gasteiger charge is -2.05. The Morgan fingerprint density at radius 1 is 1.31 bits per heavy atom. The third kappa shape index (κ3) is 3.20. The number of nitrogens with zero attached hydrogens (tertiary/aromatic N) is 1. The van der Waals surface area contributed by atoms with Gasteiger partial charge in [-0.1, -0.05) is 0 Å². The maximum Gasteiger partial charge on any atom is 0.417 e. The van der Waals surface area contributed by atoms with Gasteiger partial charge in [0, 0.05) is 12.7 Å². The average Bonchev–Trinajstić information content (AvgIpc) is 2.03. The number of rotatable bonds is 1. The van der Waals surface area contributed by atoms with Crippen LogP contribution in [0, 0.1) is 0 Å². The van der Waals surface area contributed by atoms with Gasteiger partial charge in [0.25, 0.3) is 0 Å². The van der Waals surface area contributed by atoms with Crippen LogP contribution in [0.4, 0.5) is 13.2 Å². The highest BCUT2D eigenvalue weighted by Crippen LogP contribution is 2.28. The van der Waals surface area contributed by atoms with Crippen molar-refractivity contribution < 1.29 is 13.2 Å². The van der Waals surface area contributed by atoms with E-state index in [0.29, 0.717) is 5.69 Å². The Morgan fingerprint density at radius 3 is 2.23 bits per heavy atom. The van der Waals surface area contributed by atoms with Crippen LogP contribution < -0.4 is 5.73 Å². The van der Waals surface area contributed by atoms with Gasteiger partial charge in [0.05, 0.1) is 11.3 Å². The molecule has 2 nitrogen and oxygen atoms in total. The van der Waals surface area contributed by atoms with Gasteiger partial charge in [-0.15, -0.1) is 12.4 Å². The molecule has 0 fully saturated rings. The molecule has 0 spiro atoms. The SMILES string of the molecule is Cl.NCc1ccc(C(F)(F)F)cn1. The highest BCUT2D eigenvalue weighted by Gasteiger charge is 2.30. The molecule has 0 saturated carbocycles. The van der Waals surface area contributed by atoms with E-state index in [4.69, 9.17) is 5.73 Å². The minimum atomic E-state index is -4.32. The van der Waals surface area contributed by atoms with Gasteiger partial charge in [0.15, 0.2) is 0 Å². The Bertz CT molecular complexity index is 257. The summed E-state index contributed by atoms with van der Waals surface area (Å²) in [4.78, 5) is 3.52. The lowest BCUT2D eigenvalue weighted by atomic mass is 10.2. The maximum absolute atomic E-state index is 12.0. The Kier molecular flexibility index (Phi) is 4.16. The number of nitrogens with two attached hydrogens (primary N) is 1. The minimum Gasteiger partial charge on any atom is -0.325 e. The first kappa shape index (κ1) is 12.2. The number of hydrogen-bond acceptors (Lipinski definition) is 2. The van der Waals surface area contributed by atoms with Gasteiger partial charge in [-0.2, -0.15) is 13.2 Å². The first-order valence-corrected chi connectivity index (χ1v) is 3.26. The van der Waals surface area contributed by atoms with E-state index in [1.165, 1.54) is 6.07 Å². The lowest BCUT2D eigenvalue weighted by molar-refractivity contribution is -0.137. The number of alkyl halides is 3. The summed E-state index contributed by atoms with van der Waals surface area (Å²) in [6.45, 7) is 0.151. The molecule has 0 aliphatic heterocycles. The van der Waals surface area contributed by atoms with E-state index in [2.05, 4.69) is 4.98 Å². The summed E-state index contributed by atoms with van der Waals surface area (Å²) >= 11 is 0. The zero-order valence-electron chi connectivity index (χ0n) is 6.51. The predicted molar refractivity (Wildman–Crippen MR) is 44.4 cm³/mol. The summed E-state index contributed by atoms with van der Waals surface area (Å²) in [7, 11) is 0. The van der Waals surface area contributed by atoms with Crippen molar-refractivity contribution in [3.8, 4) is 0 Å². The number of aromatic nitrogens is 1. The molecular weight excluding hydrogens is 205 g/mol. The molecule has 0 amide bonds. The highest BCUT2D eigenvalue weighted by molar-refractivity contribution is 5.85. The van der Waals surface area contributed by atoms with Gasteiger partial charge in [-0.25, -0.2) is 0 Å². The normalized spacial score (nSPS) is 10.8. The predicted octanol–water partition coefficient (Wildman–Crippen LogP) is 1.98. The highest BCUT2D eigenvalue weighted by atomic mass is 35.5. The molecule has 1 rings (SSSR count). The number of pyridine rings is 1. The van der Waals surface area contributed by atoms with Gasteiger partial charge in [0.1, 0.15) is 0 Å². The second-order valence-electron chi connectivity index (χ2n) is 2.24. The zero-order chi connectivity index (χ0) is 9.19. The topological polar surface area (TPSA) is 38.9 Å². The van der Waals surface area contributed by atoms with E-state index in [9.17, 15) is 13.2 Å². The largest absolute Gasteiger partial charge is 0.417 e. The molecule has 0 radical (unpaired) electrons. The van der Waals surface area contributed by atoms with E-state index in [1.54, 1.807) is 0 Å². The van der Waals surface area contributed by atoms with Crippen LogP contribution in [-0.4, -0.2) is 4.98 Å². The standard InChI is InChI=1S/C7H7F3N2.ClH/c8-7(9,10)5-1-2-6(3-11)12-4-5;/h1-2,4H,3,11H2;1H. The van der Waals surface area contributed by atoms with Crippen molar-refractivity contribution in [2.75, 3.05) is 0 Å². The van der Waals surface area contributed by atoms with Crippen LogP contribution in [0.1, 0.15) is 11.3 Å². The third-order valence-corrected chi connectivity index (χ3v) is 1.36. The molecule has 1 aromatic heterocycles. The average molecular weight is 213 g/mol. The van der Waals surface area contributed by atoms with Crippen LogP contribution in [-0.2, 0) is 12.7 Å². The van der Waals surface area contributed by atoms with Crippen molar-refractivity contribution in [3.63, 3.8) is 0 Å². The van der Waals surface area contributed by atoms with E-state index < -0.39 is 11.7 Å². The molecule has 1 heterocycles. The van der Waals surface area contributed by atoms with Gasteiger partial charge < -0.3 is 5.73 Å². The minimum absolute atomic E-state index is 0. The molecule has 0 aliphatic carbocycles. The van der Waals surface area contributed by atoms with Crippen molar-refractivity contribution in [2.45, 2.75) is 12.7 Å². The van der Waals surface area contributed by atoms with Crippen molar-refractivity contribution in [2.24, 2.45) is 5.73 Å². The monoisotopic (exact) mass is 212 g/mol. The summed E-state index contributed by atoms with van der Waals surface area (Å²) < 4.78 is 35.9. The van der Waals surface area contributed by atoms with E-state index in [1.807, 2.05) is 0 Å². The molecule has 0 aromatic carbocycles. The van der Waals surface area contributed by atoms with Gasteiger partial charge in [0.2, 0.25) is 0 Å². The van der Waals surface area contributed by atoms with E-state index in [-0.39, 0.29) is 19.0 Å². The van der Waals surface area contributed by atoms with Crippen LogP contribution in [0.15, 0.2) is 18.3 Å². The van der Waals surface area contributed by atoms with Gasteiger partial charge in [-0.3, -0.25) is 4.98 Å². The first-order valence-electron chi connectivity index (χ1n) is 3.26. The summed E-state index contributed by atoms with van der Waals surface area (Å²) in [5.74, 6) is 0. The Morgan fingerprint density at radius 2 is 1.92 bits per heavy atom. The molecule has 1 aromatic rings. The fourth-order valence-electron chi connectivity index (χ4n) is 0.713. The molecule has 2 N–H and O–H groups in total. The quantitative estimate of drug-likeness (QED) is 0.773. The molecule has 74 valence electrons. The molecule has 0 unspecified atom stereocenters. The molecule has 0 saturated heterocycles. The number of halogens is 4. The van der Waals surface area contributed by atoms with Crippen LogP contribution in [0.5, 0.6) is 0 Å². The second-order valence-corrected chi connectivity index (χ2v) is 2.24. The zero-order valence-corrected chi connectivity index (χ0v) is 7.32. The molecule has 0 aliphatic rings. The van der Waals surface area contributed by atoms with Crippen molar-refractivity contribution in [1.82, 2.24) is 4.98 Å². The number of hydrogen-bond donors (Lipinski definition) is 1. The second kappa shape index (κ2) is 4.43. The third-order valence-electron chi connectivity index (χ3n) is 1.36. The van der Waals surface area contributed by atoms with Gasteiger partial charge in [-0.05, 0) is 12.1 Å². The fourth-order valence-corrected chi connectivity index (χ4v) is 0.713. The Labute approximate surface area is 79.4 Å². The molecule has 0 bridgehead atoms. The first-order chi connectivity index (χ1) is 5.54. The Balaban J connectivity index is 0.00000144. The van der Waals surface area contributed by atoms with Gasteiger partial charge >= 0.3 is 6.18 Å². The van der Waals surface area contributed by atoms with Crippen molar-refractivity contribution in [1.29, 1.82) is 0 Å². The summed E-state index contributed by atoms with van der Waals surface area (Å²) in [5.41, 5.74) is 4.86. The van der Waals surface area contributed by atoms with Crippen molar-refractivity contribution >= 4 is 12.4 Å². The van der Waals surface area contributed by atoms with Crippen LogP contribution in [0.2, 0.25) is 0 Å². The summed E-state index contributed by atoms with van der Waals surface area (Å²) in [5, 5.41) is 0. The van der Waals surface area contributed by atoms with Crippen LogP contribution >= 0.6 is 12.4 Å².